The maximum absolute atomic E-state index is 5.88. The van der Waals surface area contributed by atoms with Gasteiger partial charge >= 0.3 is 0 Å². The lowest BCUT2D eigenvalue weighted by Gasteiger charge is -2.24. The predicted molar refractivity (Wildman–Crippen MR) is 65.0 cm³/mol. The van der Waals surface area contributed by atoms with Gasteiger partial charge in [0.1, 0.15) is 18.8 Å². The molecule has 2 rings (SSSR count). The van der Waals surface area contributed by atoms with Crippen LogP contribution in [-0.2, 0) is 20.8 Å². The Labute approximate surface area is 107 Å². The van der Waals surface area contributed by atoms with Crippen molar-refractivity contribution >= 4 is 0 Å². The van der Waals surface area contributed by atoms with E-state index < -0.39 is 5.79 Å². The molecule has 1 aliphatic rings. The molecule has 0 saturated carbocycles. The van der Waals surface area contributed by atoms with E-state index in [0.29, 0.717) is 19.8 Å². The van der Waals surface area contributed by atoms with Crippen molar-refractivity contribution in [1.29, 1.82) is 0 Å². The second-order valence-corrected chi connectivity index (χ2v) is 5.70. The van der Waals surface area contributed by atoms with Crippen LogP contribution in [-0.4, -0.2) is 45.5 Å². The number of nitrogens with zero attached hydrogens (tertiary/aromatic N) is 3. The Balaban J connectivity index is 1.83. The molecule has 1 aromatic heterocycles. The van der Waals surface area contributed by atoms with E-state index in [1.54, 1.807) is 11.0 Å². The van der Waals surface area contributed by atoms with Crippen molar-refractivity contribution in [3.8, 4) is 0 Å². The smallest absolute Gasteiger partial charge is 0.185 e. The molecule has 18 heavy (non-hydrogen) atoms. The van der Waals surface area contributed by atoms with Crippen LogP contribution in [0.3, 0.4) is 0 Å². The van der Waals surface area contributed by atoms with E-state index in [0.717, 1.165) is 0 Å². The number of ether oxygens (including phenoxy) is 3. The lowest BCUT2D eigenvalue weighted by atomic mass is 10.2. The Morgan fingerprint density at radius 2 is 2.28 bits per heavy atom. The predicted octanol–water partition coefficient (Wildman–Crippen LogP) is 1.22. The van der Waals surface area contributed by atoms with E-state index in [1.807, 2.05) is 27.7 Å². The van der Waals surface area contributed by atoms with Gasteiger partial charge in [-0.2, -0.15) is 5.10 Å². The zero-order chi connectivity index (χ0) is 13.2. The molecule has 6 nitrogen and oxygen atoms in total. The Morgan fingerprint density at radius 1 is 1.50 bits per heavy atom. The van der Waals surface area contributed by atoms with E-state index in [9.17, 15) is 0 Å². The van der Waals surface area contributed by atoms with Gasteiger partial charge in [-0.1, -0.05) is 0 Å². The van der Waals surface area contributed by atoms with Gasteiger partial charge in [-0.05, 0) is 27.7 Å². The summed E-state index contributed by atoms with van der Waals surface area (Å²) in [7, 11) is 0. The molecule has 0 radical (unpaired) electrons. The second-order valence-electron chi connectivity index (χ2n) is 5.70. The van der Waals surface area contributed by atoms with Crippen LogP contribution < -0.4 is 0 Å². The highest BCUT2D eigenvalue weighted by Crippen LogP contribution is 2.25. The van der Waals surface area contributed by atoms with Crippen LogP contribution in [0, 0.1) is 0 Å². The third kappa shape index (κ3) is 3.76. The average molecular weight is 255 g/mol. The molecule has 1 saturated heterocycles. The van der Waals surface area contributed by atoms with Crippen molar-refractivity contribution in [1.82, 2.24) is 14.8 Å². The number of aromatic nitrogens is 3. The van der Waals surface area contributed by atoms with Gasteiger partial charge in [0.2, 0.25) is 0 Å². The molecule has 2 unspecified atom stereocenters. The third-order valence-electron chi connectivity index (χ3n) is 2.61. The maximum Gasteiger partial charge on any atom is 0.185 e. The Kier molecular flexibility index (Phi) is 3.70. The quantitative estimate of drug-likeness (QED) is 0.809. The van der Waals surface area contributed by atoms with Gasteiger partial charge in [-0.15, -0.1) is 0 Å². The van der Waals surface area contributed by atoms with Crippen molar-refractivity contribution in [2.45, 2.75) is 51.7 Å². The molecule has 0 amide bonds. The lowest BCUT2D eigenvalue weighted by molar-refractivity contribution is -0.174. The monoisotopic (exact) mass is 255 g/mol. The standard InChI is InChI=1S/C12H21N3O3/c1-11(2,3)16-5-10-6-17-12(4,18-10)7-15-9-13-8-14-15/h8-10H,5-7H2,1-4H3. The molecule has 1 aliphatic heterocycles. The Hall–Kier alpha value is -0.980. The molecular formula is C12H21N3O3. The molecule has 6 heteroatoms. The fraction of sp³-hybridized carbons (Fsp3) is 0.833. The van der Waals surface area contributed by atoms with Crippen LogP contribution in [0.15, 0.2) is 12.7 Å². The topological polar surface area (TPSA) is 58.4 Å². The number of hydrogen-bond donors (Lipinski definition) is 0. The first-order chi connectivity index (χ1) is 8.36. The number of hydrogen-bond acceptors (Lipinski definition) is 5. The van der Waals surface area contributed by atoms with E-state index in [4.69, 9.17) is 14.2 Å². The van der Waals surface area contributed by atoms with Crippen molar-refractivity contribution in [3.05, 3.63) is 12.7 Å². The lowest BCUT2D eigenvalue weighted by Crippen LogP contribution is -2.34. The minimum atomic E-state index is -0.653. The van der Waals surface area contributed by atoms with E-state index in [1.165, 1.54) is 6.33 Å². The summed E-state index contributed by atoms with van der Waals surface area (Å²) >= 11 is 0. The Morgan fingerprint density at radius 3 is 2.89 bits per heavy atom. The van der Waals surface area contributed by atoms with Gasteiger partial charge in [-0.25, -0.2) is 9.67 Å². The molecule has 0 N–H and O–H groups in total. The van der Waals surface area contributed by atoms with Gasteiger partial charge in [0.05, 0.1) is 25.4 Å². The molecule has 0 aliphatic carbocycles. The fourth-order valence-electron chi connectivity index (χ4n) is 1.81. The third-order valence-corrected chi connectivity index (χ3v) is 2.61. The van der Waals surface area contributed by atoms with Crippen LogP contribution in [0.4, 0.5) is 0 Å². The van der Waals surface area contributed by atoms with Crippen LogP contribution in [0.25, 0.3) is 0 Å². The summed E-state index contributed by atoms with van der Waals surface area (Å²) in [4.78, 5) is 3.90. The van der Waals surface area contributed by atoms with Crippen LogP contribution in [0.1, 0.15) is 27.7 Å². The maximum atomic E-state index is 5.88. The summed E-state index contributed by atoms with van der Waals surface area (Å²) < 4.78 is 19.0. The zero-order valence-corrected chi connectivity index (χ0v) is 11.4. The summed E-state index contributed by atoms with van der Waals surface area (Å²) in [5.41, 5.74) is -0.158. The van der Waals surface area contributed by atoms with Crippen molar-refractivity contribution in [3.63, 3.8) is 0 Å². The highest BCUT2D eigenvalue weighted by atomic mass is 16.8. The molecule has 2 heterocycles. The molecule has 1 aromatic rings. The highest BCUT2D eigenvalue weighted by molar-refractivity contribution is 4.76. The molecule has 0 aromatic carbocycles. The van der Waals surface area contributed by atoms with E-state index >= 15 is 0 Å². The van der Waals surface area contributed by atoms with Gasteiger partial charge < -0.3 is 14.2 Å². The number of rotatable bonds is 4. The minimum Gasteiger partial charge on any atom is -0.373 e. The fourth-order valence-corrected chi connectivity index (χ4v) is 1.81. The van der Waals surface area contributed by atoms with Gasteiger partial charge in [0.25, 0.3) is 0 Å². The molecular weight excluding hydrogens is 234 g/mol. The van der Waals surface area contributed by atoms with Crippen LogP contribution in [0.5, 0.6) is 0 Å². The van der Waals surface area contributed by atoms with Crippen LogP contribution in [0.2, 0.25) is 0 Å². The van der Waals surface area contributed by atoms with Crippen molar-refractivity contribution in [2.75, 3.05) is 13.2 Å². The normalized spacial score (nSPS) is 28.8. The summed E-state index contributed by atoms with van der Waals surface area (Å²) in [5, 5.41) is 4.05. The highest BCUT2D eigenvalue weighted by Gasteiger charge is 2.38. The van der Waals surface area contributed by atoms with Gasteiger partial charge in [-0.3, -0.25) is 0 Å². The summed E-state index contributed by atoms with van der Waals surface area (Å²) in [6, 6.07) is 0. The van der Waals surface area contributed by atoms with Crippen LogP contribution >= 0.6 is 0 Å². The van der Waals surface area contributed by atoms with Gasteiger partial charge in [0.15, 0.2) is 5.79 Å². The molecule has 0 bridgehead atoms. The Bertz CT molecular complexity index is 374. The average Bonchev–Trinajstić information content (AvgIpc) is 2.85. The summed E-state index contributed by atoms with van der Waals surface area (Å²) in [5.74, 6) is -0.653. The minimum absolute atomic E-state index is 0.0299. The van der Waals surface area contributed by atoms with E-state index in [2.05, 4.69) is 10.1 Å². The van der Waals surface area contributed by atoms with Crippen molar-refractivity contribution in [2.24, 2.45) is 0 Å². The largest absolute Gasteiger partial charge is 0.373 e. The SMILES string of the molecule is CC(C)(C)OCC1COC(C)(Cn2cncn2)O1. The second kappa shape index (κ2) is 4.95. The summed E-state index contributed by atoms with van der Waals surface area (Å²) in [6.45, 7) is 9.59. The molecule has 1 fully saturated rings. The molecule has 0 spiro atoms. The first kappa shape index (κ1) is 13.5. The first-order valence-electron chi connectivity index (χ1n) is 6.14. The zero-order valence-electron chi connectivity index (χ0n) is 11.4. The van der Waals surface area contributed by atoms with Gasteiger partial charge in [0, 0.05) is 0 Å². The van der Waals surface area contributed by atoms with E-state index in [-0.39, 0.29) is 11.7 Å². The molecule has 102 valence electrons. The van der Waals surface area contributed by atoms with Crippen molar-refractivity contribution < 1.29 is 14.2 Å². The first-order valence-corrected chi connectivity index (χ1v) is 6.14. The molecule has 2 atom stereocenters. The summed E-state index contributed by atoms with van der Waals surface area (Å²) in [6.07, 6.45) is 3.12.